The van der Waals surface area contributed by atoms with Gasteiger partial charge in [-0.15, -0.1) is 0 Å². The van der Waals surface area contributed by atoms with Gasteiger partial charge in [-0.2, -0.15) is 0 Å². The second kappa shape index (κ2) is 7.57. The number of hydrogen-bond acceptors (Lipinski definition) is 4. The number of imide groups is 1. The van der Waals surface area contributed by atoms with Crippen molar-refractivity contribution in [2.45, 2.75) is 25.9 Å². The molecule has 1 fully saturated rings. The lowest BCUT2D eigenvalue weighted by Crippen LogP contribution is -2.30. The summed E-state index contributed by atoms with van der Waals surface area (Å²) >= 11 is 0. The molecule has 0 N–H and O–H groups in total. The average molecular weight is 337 g/mol. The van der Waals surface area contributed by atoms with Crippen LogP contribution in [-0.2, 0) is 29.1 Å². The smallest absolute Gasteiger partial charge is 0.233 e. The molecule has 0 radical (unpaired) electrons. The van der Waals surface area contributed by atoms with E-state index in [1.807, 2.05) is 26.2 Å². The van der Waals surface area contributed by atoms with Crippen molar-refractivity contribution in [1.29, 1.82) is 0 Å². The van der Waals surface area contributed by atoms with Gasteiger partial charge in [-0.1, -0.05) is 30.3 Å². The Kier molecular flexibility index (Phi) is 5.24. The molecule has 1 atom stereocenters. The van der Waals surface area contributed by atoms with Gasteiger partial charge >= 0.3 is 0 Å². The van der Waals surface area contributed by atoms with Crippen molar-refractivity contribution in [3.05, 3.63) is 65.5 Å². The van der Waals surface area contributed by atoms with Gasteiger partial charge in [0, 0.05) is 25.4 Å². The molecule has 2 heterocycles. The van der Waals surface area contributed by atoms with Crippen LogP contribution in [0.5, 0.6) is 0 Å². The number of carbonyl (C=O) groups is 2. The number of pyridine rings is 1. The van der Waals surface area contributed by atoms with Crippen LogP contribution >= 0.6 is 0 Å². The molecule has 1 aliphatic heterocycles. The van der Waals surface area contributed by atoms with Crippen molar-refractivity contribution in [3.8, 4) is 0 Å². The number of likely N-dealkylation sites (tertiary alicyclic amines) is 1. The number of benzene rings is 1. The molecule has 0 aliphatic carbocycles. The average Bonchev–Trinajstić information content (AvgIpc) is 2.85. The zero-order valence-electron chi connectivity index (χ0n) is 14.7. The van der Waals surface area contributed by atoms with Crippen molar-refractivity contribution >= 4 is 11.8 Å². The van der Waals surface area contributed by atoms with Crippen LogP contribution < -0.4 is 0 Å². The van der Waals surface area contributed by atoms with Gasteiger partial charge in [0.2, 0.25) is 11.8 Å². The van der Waals surface area contributed by atoms with Crippen molar-refractivity contribution in [1.82, 2.24) is 14.8 Å². The van der Waals surface area contributed by atoms with Crippen LogP contribution in [0.15, 0.2) is 48.8 Å². The summed E-state index contributed by atoms with van der Waals surface area (Å²) in [5.74, 6) is -0.432. The third-order valence-corrected chi connectivity index (χ3v) is 4.40. The highest BCUT2D eigenvalue weighted by atomic mass is 16.2. The molecule has 0 spiro atoms. The molecule has 1 aromatic carbocycles. The molecule has 1 saturated heterocycles. The topological polar surface area (TPSA) is 53.5 Å². The van der Waals surface area contributed by atoms with Gasteiger partial charge in [-0.25, -0.2) is 0 Å². The maximum absolute atomic E-state index is 12.6. The molecule has 25 heavy (non-hydrogen) atoms. The number of nitrogens with zero attached hydrogens (tertiary/aromatic N) is 3. The van der Waals surface area contributed by atoms with E-state index in [9.17, 15) is 9.59 Å². The molecule has 1 aliphatic rings. The lowest BCUT2D eigenvalue weighted by molar-refractivity contribution is -0.140. The third kappa shape index (κ3) is 4.31. The van der Waals surface area contributed by atoms with Crippen LogP contribution in [0, 0.1) is 5.92 Å². The van der Waals surface area contributed by atoms with E-state index in [0.717, 1.165) is 17.7 Å². The standard InChI is InChI=1S/C20H23N3O2/c1-22(2)13-16-7-5-15(6-8-16)10-18-11-19(24)23(20(18)25)14-17-4-3-9-21-12-17/h3-9,12,18H,10-11,13-14H2,1-2H3. The highest BCUT2D eigenvalue weighted by molar-refractivity contribution is 6.03. The number of aromatic nitrogens is 1. The molecule has 2 amide bonds. The number of hydrogen-bond donors (Lipinski definition) is 0. The van der Waals surface area contributed by atoms with E-state index in [0.29, 0.717) is 19.4 Å². The van der Waals surface area contributed by atoms with Crippen LogP contribution in [0.4, 0.5) is 0 Å². The molecule has 2 aromatic rings. The zero-order valence-corrected chi connectivity index (χ0v) is 14.7. The second-order valence-electron chi connectivity index (χ2n) is 6.84. The minimum Gasteiger partial charge on any atom is -0.305 e. The molecule has 5 heteroatoms. The van der Waals surface area contributed by atoms with Crippen LogP contribution in [0.2, 0.25) is 0 Å². The van der Waals surface area contributed by atoms with E-state index in [-0.39, 0.29) is 17.7 Å². The predicted octanol–water partition coefficient (Wildman–Crippen LogP) is 2.26. The first-order valence-electron chi connectivity index (χ1n) is 8.48. The first-order chi connectivity index (χ1) is 12.0. The molecule has 0 bridgehead atoms. The first-order valence-corrected chi connectivity index (χ1v) is 8.48. The fraction of sp³-hybridized carbons (Fsp3) is 0.350. The van der Waals surface area contributed by atoms with Gasteiger partial charge < -0.3 is 4.90 Å². The van der Waals surface area contributed by atoms with Crippen molar-refractivity contribution in [2.75, 3.05) is 14.1 Å². The van der Waals surface area contributed by atoms with Crippen LogP contribution in [0.3, 0.4) is 0 Å². The van der Waals surface area contributed by atoms with E-state index >= 15 is 0 Å². The quantitative estimate of drug-likeness (QED) is 0.759. The van der Waals surface area contributed by atoms with Crippen molar-refractivity contribution in [3.63, 3.8) is 0 Å². The van der Waals surface area contributed by atoms with Gasteiger partial charge in [-0.3, -0.25) is 19.5 Å². The van der Waals surface area contributed by atoms with Crippen LogP contribution in [0.1, 0.15) is 23.1 Å². The summed E-state index contributed by atoms with van der Waals surface area (Å²) in [5, 5.41) is 0. The maximum atomic E-state index is 12.6. The van der Waals surface area contributed by atoms with Gasteiger partial charge in [0.05, 0.1) is 12.5 Å². The molecular formula is C20H23N3O2. The second-order valence-corrected chi connectivity index (χ2v) is 6.84. The summed E-state index contributed by atoms with van der Waals surface area (Å²) in [6.07, 6.45) is 4.27. The molecule has 3 rings (SSSR count). The predicted molar refractivity (Wildman–Crippen MR) is 95.4 cm³/mol. The van der Waals surface area contributed by atoms with E-state index in [1.54, 1.807) is 12.4 Å². The van der Waals surface area contributed by atoms with Crippen LogP contribution in [-0.4, -0.2) is 40.7 Å². The summed E-state index contributed by atoms with van der Waals surface area (Å²) in [6, 6.07) is 12.0. The highest BCUT2D eigenvalue weighted by Gasteiger charge is 2.38. The lowest BCUT2D eigenvalue weighted by Gasteiger charge is -2.15. The van der Waals surface area contributed by atoms with E-state index in [4.69, 9.17) is 0 Å². The molecule has 5 nitrogen and oxygen atoms in total. The Morgan fingerprint density at radius 1 is 1.08 bits per heavy atom. The number of rotatable bonds is 6. The summed E-state index contributed by atoms with van der Waals surface area (Å²) in [7, 11) is 4.07. The van der Waals surface area contributed by atoms with Gasteiger partial charge in [0.15, 0.2) is 0 Å². The van der Waals surface area contributed by atoms with Gasteiger partial charge in [0.25, 0.3) is 0 Å². The summed E-state index contributed by atoms with van der Waals surface area (Å²) in [4.78, 5) is 32.4. The summed E-state index contributed by atoms with van der Waals surface area (Å²) in [5.41, 5.74) is 3.20. The molecule has 0 saturated carbocycles. The van der Waals surface area contributed by atoms with E-state index in [2.05, 4.69) is 34.1 Å². The fourth-order valence-corrected chi connectivity index (χ4v) is 3.18. The Bertz CT molecular complexity index is 741. The summed E-state index contributed by atoms with van der Waals surface area (Å²) in [6.45, 7) is 1.20. The number of carbonyl (C=O) groups excluding carboxylic acids is 2. The normalized spacial score (nSPS) is 17.6. The Labute approximate surface area is 148 Å². The number of amides is 2. The molecule has 130 valence electrons. The fourth-order valence-electron chi connectivity index (χ4n) is 3.18. The Hall–Kier alpha value is -2.53. The van der Waals surface area contributed by atoms with E-state index in [1.165, 1.54) is 10.5 Å². The molecular weight excluding hydrogens is 314 g/mol. The Balaban J connectivity index is 1.64. The lowest BCUT2D eigenvalue weighted by atomic mass is 9.97. The Morgan fingerprint density at radius 3 is 2.44 bits per heavy atom. The molecule has 1 unspecified atom stereocenters. The zero-order chi connectivity index (χ0) is 17.8. The minimum absolute atomic E-state index is 0.0776. The summed E-state index contributed by atoms with van der Waals surface area (Å²) < 4.78 is 0. The van der Waals surface area contributed by atoms with Crippen molar-refractivity contribution < 1.29 is 9.59 Å². The van der Waals surface area contributed by atoms with Crippen molar-refractivity contribution in [2.24, 2.45) is 5.92 Å². The monoisotopic (exact) mass is 337 g/mol. The highest BCUT2D eigenvalue weighted by Crippen LogP contribution is 2.25. The Morgan fingerprint density at radius 2 is 1.80 bits per heavy atom. The maximum Gasteiger partial charge on any atom is 0.233 e. The van der Waals surface area contributed by atoms with Gasteiger partial charge in [0.1, 0.15) is 0 Å². The van der Waals surface area contributed by atoms with Crippen LogP contribution in [0.25, 0.3) is 0 Å². The first kappa shape index (κ1) is 17.3. The molecule has 1 aromatic heterocycles. The third-order valence-electron chi connectivity index (χ3n) is 4.40. The minimum atomic E-state index is -0.260. The van der Waals surface area contributed by atoms with Gasteiger partial charge in [-0.05, 0) is 43.3 Å². The SMILES string of the molecule is CN(C)Cc1ccc(CC2CC(=O)N(Cc3cccnc3)C2=O)cc1. The van der Waals surface area contributed by atoms with E-state index < -0.39 is 0 Å². The largest absolute Gasteiger partial charge is 0.305 e.